The van der Waals surface area contributed by atoms with Gasteiger partial charge in [-0.2, -0.15) is 5.10 Å². The van der Waals surface area contributed by atoms with E-state index in [0.717, 1.165) is 11.1 Å². The number of carbonyl (C=O) groups excluding carboxylic acids is 3. The van der Waals surface area contributed by atoms with Crippen LogP contribution >= 0.6 is 0 Å². The van der Waals surface area contributed by atoms with Crippen molar-refractivity contribution in [2.75, 3.05) is 16.7 Å². The maximum Gasteiger partial charge on any atom is 0.413 e. The van der Waals surface area contributed by atoms with Crippen LogP contribution in [0.2, 0.25) is 0 Å². The van der Waals surface area contributed by atoms with E-state index in [2.05, 4.69) is 10.4 Å². The van der Waals surface area contributed by atoms with E-state index in [0.29, 0.717) is 29.2 Å². The zero-order chi connectivity index (χ0) is 32.6. The van der Waals surface area contributed by atoms with Crippen LogP contribution in [-0.2, 0) is 36.8 Å². The highest BCUT2D eigenvalue weighted by Crippen LogP contribution is 2.29. The minimum Gasteiger partial charge on any atom is -0.444 e. The number of rotatable bonds is 10. The summed E-state index contributed by atoms with van der Waals surface area (Å²) < 4.78 is 15.1. The van der Waals surface area contributed by atoms with Crippen LogP contribution in [0.1, 0.15) is 50.8 Å². The zero-order valence-corrected chi connectivity index (χ0v) is 25.6. The number of hydrazone groups is 1. The smallest absolute Gasteiger partial charge is 0.413 e. The predicted molar refractivity (Wildman–Crippen MR) is 168 cm³/mol. The summed E-state index contributed by atoms with van der Waals surface area (Å²) in [4.78, 5) is 37.6. The Morgan fingerprint density at radius 2 is 1.53 bits per heavy atom. The highest BCUT2D eigenvalue weighted by atomic mass is 16.7. The Kier molecular flexibility index (Phi) is 10.5. The lowest BCUT2D eigenvalue weighted by molar-refractivity contribution is -0.173. The third kappa shape index (κ3) is 8.89. The Morgan fingerprint density at radius 3 is 2.18 bits per heavy atom. The number of aliphatic hydroxyl groups excluding tert-OH is 1. The molecule has 12 nitrogen and oxygen atoms in total. The SMILES string of the molecule is CC1=NN(c2ccc(C(=N)NC(=O)OCc3ccccc3)cc2)C(O)N1c1ccc(CCC(=O)OCOC(=O)C(C)(C)C)cc1. The molecule has 4 rings (SSSR count). The zero-order valence-electron chi connectivity index (χ0n) is 25.6. The van der Waals surface area contributed by atoms with Gasteiger partial charge in [-0.05, 0) is 81.6 Å². The Balaban J connectivity index is 1.27. The quantitative estimate of drug-likeness (QED) is 0.125. The van der Waals surface area contributed by atoms with E-state index in [1.54, 1.807) is 56.9 Å². The number of esters is 2. The van der Waals surface area contributed by atoms with Crippen molar-refractivity contribution in [2.24, 2.45) is 10.5 Å². The van der Waals surface area contributed by atoms with Crippen LogP contribution < -0.4 is 15.2 Å². The maximum atomic E-state index is 12.1. The topological polar surface area (TPSA) is 154 Å². The molecular formula is C33H37N5O7. The molecule has 0 radical (unpaired) electrons. The standard InChI is InChI=1S/C33H37N5O7/c1-22-36-38(27-17-13-25(14-18-27)29(34)35-31(41)43-20-24-8-6-5-7-9-24)32(42)37(22)26-15-10-23(11-16-26)12-19-28(39)44-21-45-30(40)33(2,3)4/h5-11,13-18,32,42H,12,19-21H2,1-4H3,(H2,34,35,41). The number of aliphatic hydroxyl groups is 1. The molecule has 1 heterocycles. The van der Waals surface area contributed by atoms with Crippen molar-refractivity contribution >= 4 is 41.1 Å². The molecule has 0 bridgehead atoms. The molecule has 1 atom stereocenters. The largest absolute Gasteiger partial charge is 0.444 e. The van der Waals surface area contributed by atoms with Gasteiger partial charge in [0.25, 0.3) is 0 Å². The van der Waals surface area contributed by atoms with Gasteiger partial charge in [-0.25, -0.2) is 9.80 Å². The third-order valence-corrected chi connectivity index (χ3v) is 6.77. The van der Waals surface area contributed by atoms with Crippen LogP contribution in [0.3, 0.4) is 0 Å². The molecule has 0 aromatic heterocycles. The second kappa shape index (κ2) is 14.5. The molecule has 3 aromatic rings. The first-order valence-electron chi connectivity index (χ1n) is 14.3. The molecule has 236 valence electrons. The maximum absolute atomic E-state index is 12.1. The van der Waals surface area contributed by atoms with Gasteiger partial charge in [0.1, 0.15) is 18.3 Å². The molecule has 0 saturated heterocycles. The lowest BCUT2D eigenvalue weighted by Crippen LogP contribution is -2.41. The molecule has 1 unspecified atom stereocenters. The van der Waals surface area contributed by atoms with Crippen molar-refractivity contribution in [2.45, 2.75) is 53.5 Å². The number of amidine groups is 2. The van der Waals surface area contributed by atoms with Crippen molar-refractivity contribution in [1.29, 1.82) is 5.41 Å². The summed E-state index contributed by atoms with van der Waals surface area (Å²) in [7, 11) is 0. The summed E-state index contributed by atoms with van der Waals surface area (Å²) in [5, 5.41) is 27.7. The van der Waals surface area contributed by atoms with Gasteiger partial charge in [-0.1, -0.05) is 42.5 Å². The molecule has 3 N–H and O–H groups in total. The summed E-state index contributed by atoms with van der Waals surface area (Å²) in [6.07, 6.45) is -1.32. The molecule has 1 aliphatic rings. The van der Waals surface area contributed by atoms with E-state index in [4.69, 9.17) is 19.6 Å². The molecule has 45 heavy (non-hydrogen) atoms. The molecule has 0 fully saturated rings. The van der Waals surface area contributed by atoms with E-state index in [9.17, 15) is 19.5 Å². The van der Waals surface area contributed by atoms with E-state index >= 15 is 0 Å². The van der Waals surface area contributed by atoms with E-state index in [-0.39, 0.29) is 18.9 Å². The second-order valence-electron chi connectivity index (χ2n) is 11.3. The van der Waals surface area contributed by atoms with E-state index in [1.807, 2.05) is 54.6 Å². The number of carbonyl (C=O) groups is 3. The molecule has 0 saturated carbocycles. The number of nitrogens with one attached hydrogen (secondary N) is 2. The number of anilines is 2. The molecular weight excluding hydrogens is 578 g/mol. The average Bonchev–Trinajstić information content (AvgIpc) is 3.32. The number of hydrogen-bond acceptors (Lipinski definition) is 11. The van der Waals surface area contributed by atoms with Gasteiger partial charge in [0.15, 0.2) is 0 Å². The predicted octanol–water partition coefficient (Wildman–Crippen LogP) is 4.90. The van der Waals surface area contributed by atoms with Gasteiger partial charge in [-0.3, -0.25) is 25.2 Å². The average molecular weight is 616 g/mol. The number of hydrogen-bond donors (Lipinski definition) is 3. The Labute approximate surface area is 261 Å². The van der Waals surface area contributed by atoms with Crippen LogP contribution in [0.25, 0.3) is 0 Å². The summed E-state index contributed by atoms with van der Waals surface area (Å²) in [5.41, 5.74) is 2.78. The first-order valence-corrected chi connectivity index (χ1v) is 14.3. The summed E-state index contributed by atoms with van der Waals surface area (Å²) in [6, 6.07) is 23.3. The first kappa shape index (κ1) is 32.7. The van der Waals surface area contributed by atoms with Crippen LogP contribution in [0.5, 0.6) is 0 Å². The Bertz CT molecular complexity index is 1530. The number of alkyl carbamates (subject to hydrolysis) is 1. The Morgan fingerprint density at radius 1 is 0.889 bits per heavy atom. The third-order valence-electron chi connectivity index (χ3n) is 6.77. The molecule has 0 spiro atoms. The van der Waals surface area contributed by atoms with Gasteiger partial charge in [0, 0.05) is 17.7 Å². The number of benzene rings is 3. The number of aryl methyl sites for hydroxylation is 1. The van der Waals surface area contributed by atoms with Gasteiger partial charge in [-0.15, -0.1) is 0 Å². The fraction of sp³-hybridized carbons (Fsp3) is 0.303. The number of nitrogens with zero attached hydrogens (tertiary/aromatic N) is 3. The first-order chi connectivity index (χ1) is 21.4. The van der Waals surface area contributed by atoms with Gasteiger partial charge in [0.05, 0.1) is 11.1 Å². The van der Waals surface area contributed by atoms with Crippen LogP contribution in [0.15, 0.2) is 84.0 Å². The van der Waals surface area contributed by atoms with Gasteiger partial charge < -0.3 is 19.3 Å². The van der Waals surface area contributed by atoms with Crippen molar-refractivity contribution < 1.29 is 33.7 Å². The molecule has 12 heteroatoms. The van der Waals surface area contributed by atoms with E-state index < -0.39 is 36.6 Å². The van der Waals surface area contributed by atoms with Gasteiger partial charge >= 0.3 is 18.0 Å². The minimum absolute atomic E-state index is 0.0921. The fourth-order valence-corrected chi connectivity index (χ4v) is 4.26. The Hall–Kier alpha value is -5.23. The van der Waals surface area contributed by atoms with Crippen molar-refractivity contribution in [3.63, 3.8) is 0 Å². The lowest BCUT2D eigenvalue weighted by Gasteiger charge is -2.27. The highest BCUT2D eigenvalue weighted by molar-refractivity contribution is 6.05. The molecule has 1 aliphatic heterocycles. The normalized spacial score (nSPS) is 14.4. The molecule has 3 aromatic carbocycles. The van der Waals surface area contributed by atoms with Crippen LogP contribution in [0.4, 0.5) is 16.2 Å². The fourth-order valence-electron chi connectivity index (χ4n) is 4.26. The van der Waals surface area contributed by atoms with Crippen molar-refractivity contribution in [3.05, 3.63) is 95.6 Å². The van der Waals surface area contributed by atoms with Crippen molar-refractivity contribution in [3.8, 4) is 0 Å². The van der Waals surface area contributed by atoms with Gasteiger partial charge in [0.2, 0.25) is 13.1 Å². The van der Waals surface area contributed by atoms with Crippen LogP contribution in [0, 0.1) is 10.8 Å². The summed E-state index contributed by atoms with van der Waals surface area (Å²) >= 11 is 0. The highest BCUT2D eigenvalue weighted by Gasteiger charge is 2.32. The van der Waals surface area contributed by atoms with E-state index in [1.165, 1.54) is 5.01 Å². The van der Waals surface area contributed by atoms with Crippen LogP contribution in [-0.4, -0.2) is 48.0 Å². The second-order valence-corrected chi connectivity index (χ2v) is 11.3. The summed E-state index contributed by atoms with van der Waals surface area (Å²) in [6.45, 7) is 6.60. The van der Waals surface area contributed by atoms with Crippen molar-refractivity contribution in [1.82, 2.24) is 5.32 Å². The molecule has 1 amide bonds. The monoisotopic (exact) mass is 615 g/mol. The summed E-state index contributed by atoms with van der Waals surface area (Å²) in [5.74, 6) is -0.492. The molecule has 0 aliphatic carbocycles. The lowest BCUT2D eigenvalue weighted by atomic mass is 9.98. The number of amides is 1. The number of ether oxygens (including phenoxy) is 3. The minimum atomic E-state index is -1.13.